The summed E-state index contributed by atoms with van der Waals surface area (Å²) < 4.78 is 27.2. The van der Waals surface area contributed by atoms with E-state index in [1.165, 1.54) is 12.1 Å². The normalized spacial score (nSPS) is 12.8. The van der Waals surface area contributed by atoms with Crippen LogP contribution in [0.5, 0.6) is 0 Å². The van der Waals surface area contributed by atoms with Gasteiger partial charge in [0.05, 0.1) is 4.90 Å². The first-order valence-corrected chi connectivity index (χ1v) is 7.86. The van der Waals surface area contributed by atoms with Crippen LogP contribution in [0, 0.1) is 12.3 Å². The number of hydrogen-bond donors (Lipinski definition) is 3. The number of amidine groups is 1. The molecule has 0 saturated carbocycles. The summed E-state index contributed by atoms with van der Waals surface area (Å²) in [6.07, 6.45) is 0. The lowest BCUT2D eigenvalue weighted by Gasteiger charge is -2.18. The Hall–Kier alpha value is -2.18. The molecule has 0 aromatic heterocycles. The van der Waals surface area contributed by atoms with Gasteiger partial charge < -0.3 is 5.73 Å². The first kappa shape index (κ1) is 15.2. The summed E-state index contributed by atoms with van der Waals surface area (Å²) in [5.74, 6) is -0.253. The summed E-state index contributed by atoms with van der Waals surface area (Å²) in [6, 6.07) is 14.4. The zero-order chi connectivity index (χ0) is 15.5. The van der Waals surface area contributed by atoms with Gasteiger partial charge in [0.2, 0.25) is 10.0 Å². The van der Waals surface area contributed by atoms with E-state index in [0.717, 1.165) is 5.56 Å². The van der Waals surface area contributed by atoms with E-state index < -0.39 is 16.1 Å². The van der Waals surface area contributed by atoms with E-state index in [9.17, 15) is 8.42 Å². The molecule has 6 heteroatoms. The summed E-state index contributed by atoms with van der Waals surface area (Å²) in [5.41, 5.74) is 7.13. The number of aryl methyl sites for hydroxylation is 1. The zero-order valence-corrected chi connectivity index (χ0v) is 12.4. The largest absolute Gasteiger partial charge is 0.386 e. The smallest absolute Gasteiger partial charge is 0.241 e. The number of nitrogens with two attached hydrogens (primary N) is 1. The highest BCUT2D eigenvalue weighted by molar-refractivity contribution is 7.89. The van der Waals surface area contributed by atoms with Gasteiger partial charge in [-0.25, -0.2) is 8.42 Å². The maximum atomic E-state index is 12.4. The standard InChI is InChI=1S/C15H17N3O2S/c1-11-7-9-13(10-8-11)21(19,20)18-14(15(16)17)12-5-3-2-4-6-12/h2-10,14,18H,1H3,(H3,16,17). The van der Waals surface area contributed by atoms with Gasteiger partial charge in [-0.05, 0) is 24.6 Å². The van der Waals surface area contributed by atoms with E-state index in [4.69, 9.17) is 11.1 Å². The minimum Gasteiger partial charge on any atom is -0.386 e. The Morgan fingerprint density at radius 2 is 1.67 bits per heavy atom. The molecule has 0 aliphatic carbocycles. The molecule has 5 nitrogen and oxygen atoms in total. The number of sulfonamides is 1. The van der Waals surface area contributed by atoms with E-state index in [2.05, 4.69) is 4.72 Å². The van der Waals surface area contributed by atoms with Crippen molar-refractivity contribution in [3.05, 3.63) is 65.7 Å². The van der Waals surface area contributed by atoms with Gasteiger partial charge in [0.25, 0.3) is 0 Å². The molecule has 1 unspecified atom stereocenters. The fraction of sp³-hybridized carbons (Fsp3) is 0.133. The Kier molecular flexibility index (Phi) is 4.40. The van der Waals surface area contributed by atoms with Gasteiger partial charge in [-0.3, -0.25) is 5.41 Å². The second-order valence-electron chi connectivity index (χ2n) is 4.73. The molecule has 0 amide bonds. The Balaban J connectivity index is 2.32. The molecule has 1 atom stereocenters. The molecule has 0 aliphatic heterocycles. The van der Waals surface area contributed by atoms with Crippen LogP contribution < -0.4 is 10.5 Å². The van der Waals surface area contributed by atoms with Gasteiger partial charge in [-0.15, -0.1) is 0 Å². The maximum Gasteiger partial charge on any atom is 0.241 e. The third kappa shape index (κ3) is 3.68. The Morgan fingerprint density at radius 3 is 2.19 bits per heavy atom. The SMILES string of the molecule is Cc1ccc(S(=O)(=O)NC(C(=N)N)c2ccccc2)cc1. The van der Waals surface area contributed by atoms with Crippen molar-refractivity contribution in [1.82, 2.24) is 4.72 Å². The molecule has 4 N–H and O–H groups in total. The first-order chi connectivity index (χ1) is 9.90. The summed E-state index contributed by atoms with van der Waals surface area (Å²) >= 11 is 0. The number of benzene rings is 2. The number of nitrogens with one attached hydrogen (secondary N) is 2. The molecule has 110 valence electrons. The third-order valence-corrected chi connectivity index (χ3v) is 4.49. The fourth-order valence-corrected chi connectivity index (χ4v) is 3.10. The van der Waals surface area contributed by atoms with Crippen LogP contribution in [-0.2, 0) is 10.0 Å². The average molecular weight is 303 g/mol. The molecule has 0 radical (unpaired) electrons. The molecule has 0 fully saturated rings. The quantitative estimate of drug-likeness (QED) is 0.582. The van der Waals surface area contributed by atoms with Gasteiger partial charge in [-0.2, -0.15) is 4.72 Å². The molecular weight excluding hydrogens is 286 g/mol. The molecule has 2 aromatic rings. The van der Waals surface area contributed by atoms with Crippen molar-refractivity contribution in [2.75, 3.05) is 0 Å². The second-order valence-corrected chi connectivity index (χ2v) is 6.45. The first-order valence-electron chi connectivity index (χ1n) is 6.38. The minimum atomic E-state index is -3.74. The zero-order valence-electron chi connectivity index (χ0n) is 11.6. The lowest BCUT2D eigenvalue weighted by molar-refractivity contribution is 0.576. The van der Waals surface area contributed by atoms with Crippen LogP contribution in [0.15, 0.2) is 59.5 Å². The van der Waals surface area contributed by atoms with Crippen molar-refractivity contribution in [2.45, 2.75) is 17.9 Å². The average Bonchev–Trinajstić information content (AvgIpc) is 2.46. The van der Waals surface area contributed by atoms with Gasteiger partial charge in [0.1, 0.15) is 11.9 Å². The Bertz CT molecular complexity index is 725. The van der Waals surface area contributed by atoms with E-state index >= 15 is 0 Å². The van der Waals surface area contributed by atoms with Gasteiger partial charge in [-0.1, -0.05) is 48.0 Å². The van der Waals surface area contributed by atoms with Gasteiger partial charge in [0.15, 0.2) is 0 Å². The van der Waals surface area contributed by atoms with Crippen LogP contribution in [0.1, 0.15) is 17.2 Å². The fourth-order valence-electron chi connectivity index (χ4n) is 1.90. The van der Waals surface area contributed by atoms with Crippen molar-refractivity contribution in [2.24, 2.45) is 5.73 Å². The molecule has 2 rings (SSSR count). The Labute approximate surface area is 124 Å². The van der Waals surface area contributed by atoms with Crippen LogP contribution in [0.25, 0.3) is 0 Å². The lowest BCUT2D eigenvalue weighted by Crippen LogP contribution is -2.37. The summed E-state index contributed by atoms with van der Waals surface area (Å²) in [5, 5.41) is 7.62. The maximum absolute atomic E-state index is 12.4. The highest BCUT2D eigenvalue weighted by atomic mass is 32.2. The van der Waals surface area contributed by atoms with Crippen molar-refractivity contribution in [3.8, 4) is 0 Å². The molecule has 0 spiro atoms. The third-order valence-electron chi connectivity index (χ3n) is 3.05. The van der Waals surface area contributed by atoms with Gasteiger partial charge >= 0.3 is 0 Å². The molecule has 0 aliphatic rings. The summed E-state index contributed by atoms with van der Waals surface area (Å²) in [7, 11) is -3.74. The predicted octanol–water partition coefficient (Wildman–Crippen LogP) is 1.95. The molecule has 0 heterocycles. The number of hydrogen-bond acceptors (Lipinski definition) is 3. The highest BCUT2D eigenvalue weighted by Gasteiger charge is 2.23. The molecule has 0 saturated heterocycles. The van der Waals surface area contributed by atoms with Gasteiger partial charge in [0, 0.05) is 0 Å². The lowest BCUT2D eigenvalue weighted by atomic mass is 10.1. The van der Waals surface area contributed by atoms with Crippen molar-refractivity contribution < 1.29 is 8.42 Å². The van der Waals surface area contributed by atoms with Crippen LogP contribution in [0.2, 0.25) is 0 Å². The summed E-state index contributed by atoms with van der Waals surface area (Å²) in [6.45, 7) is 1.88. The Morgan fingerprint density at radius 1 is 1.10 bits per heavy atom. The van der Waals surface area contributed by atoms with E-state index in [0.29, 0.717) is 5.56 Å². The number of rotatable bonds is 5. The minimum absolute atomic E-state index is 0.148. The molecular formula is C15H17N3O2S. The van der Waals surface area contributed by atoms with Crippen LogP contribution in [-0.4, -0.2) is 14.3 Å². The summed E-state index contributed by atoms with van der Waals surface area (Å²) in [4.78, 5) is 0.148. The monoisotopic (exact) mass is 303 g/mol. The second kappa shape index (κ2) is 6.07. The van der Waals surface area contributed by atoms with Crippen LogP contribution in [0.4, 0.5) is 0 Å². The highest BCUT2D eigenvalue weighted by Crippen LogP contribution is 2.17. The van der Waals surface area contributed by atoms with E-state index in [1.54, 1.807) is 36.4 Å². The van der Waals surface area contributed by atoms with Crippen LogP contribution in [0.3, 0.4) is 0 Å². The van der Waals surface area contributed by atoms with Crippen molar-refractivity contribution >= 4 is 15.9 Å². The topological polar surface area (TPSA) is 96.0 Å². The van der Waals surface area contributed by atoms with Crippen molar-refractivity contribution in [1.29, 1.82) is 5.41 Å². The molecule has 21 heavy (non-hydrogen) atoms. The van der Waals surface area contributed by atoms with Crippen molar-refractivity contribution in [3.63, 3.8) is 0 Å². The predicted molar refractivity (Wildman–Crippen MR) is 82.6 cm³/mol. The van der Waals surface area contributed by atoms with E-state index in [1.807, 2.05) is 13.0 Å². The van der Waals surface area contributed by atoms with E-state index in [-0.39, 0.29) is 10.7 Å². The van der Waals surface area contributed by atoms with Crippen LogP contribution >= 0.6 is 0 Å². The molecule has 2 aromatic carbocycles. The molecule has 0 bridgehead atoms.